The van der Waals surface area contributed by atoms with E-state index in [-0.39, 0.29) is 11.7 Å². The molecule has 0 unspecified atom stereocenters. The van der Waals surface area contributed by atoms with Gasteiger partial charge in [-0.2, -0.15) is 10.1 Å². The second-order valence-corrected chi connectivity index (χ2v) is 7.57. The van der Waals surface area contributed by atoms with Crippen LogP contribution in [0.2, 0.25) is 0 Å². The molecule has 8 nitrogen and oxygen atoms in total. The molecule has 2 N–H and O–H groups in total. The lowest BCUT2D eigenvalue weighted by molar-refractivity contribution is -0.121. The number of aromatic nitrogens is 4. The Morgan fingerprint density at radius 3 is 2.69 bits per heavy atom. The molecule has 1 amide bonds. The summed E-state index contributed by atoms with van der Waals surface area (Å²) in [6.07, 6.45) is 5.31. The normalized spacial score (nSPS) is 15.0. The zero-order valence-corrected chi connectivity index (χ0v) is 16.5. The minimum atomic E-state index is -0.727. The Kier molecular flexibility index (Phi) is 4.65. The third kappa shape index (κ3) is 3.89. The maximum Gasteiger partial charge on any atom is 0.252 e. The molecule has 9 heteroatoms. The van der Waals surface area contributed by atoms with Gasteiger partial charge in [-0.3, -0.25) is 9.48 Å². The van der Waals surface area contributed by atoms with E-state index in [1.807, 2.05) is 20.0 Å². The SMILES string of the molecule is CN1C(=O)C(C)(C)Nc2nc(NCc3cnn(Cc4ccc(F)cc4)c3)ncc21. The summed E-state index contributed by atoms with van der Waals surface area (Å²) < 4.78 is 14.8. The van der Waals surface area contributed by atoms with Gasteiger partial charge < -0.3 is 15.5 Å². The Labute approximate surface area is 167 Å². The number of hydrogen-bond donors (Lipinski definition) is 2. The van der Waals surface area contributed by atoms with Crippen molar-refractivity contribution < 1.29 is 9.18 Å². The van der Waals surface area contributed by atoms with Gasteiger partial charge in [0.15, 0.2) is 5.82 Å². The molecule has 1 aromatic carbocycles. The number of likely N-dealkylation sites (N-methyl/N-ethyl adjacent to an activating group) is 1. The number of nitrogens with one attached hydrogen (secondary N) is 2. The van der Waals surface area contributed by atoms with Crippen LogP contribution in [0.3, 0.4) is 0 Å². The molecule has 150 valence electrons. The predicted molar refractivity (Wildman–Crippen MR) is 108 cm³/mol. The number of carbonyl (C=O) groups is 1. The smallest absolute Gasteiger partial charge is 0.252 e. The fourth-order valence-corrected chi connectivity index (χ4v) is 3.22. The van der Waals surface area contributed by atoms with Crippen molar-refractivity contribution in [2.45, 2.75) is 32.5 Å². The Morgan fingerprint density at radius 2 is 1.93 bits per heavy atom. The highest BCUT2D eigenvalue weighted by Gasteiger charge is 2.37. The van der Waals surface area contributed by atoms with Gasteiger partial charge >= 0.3 is 0 Å². The molecule has 0 fully saturated rings. The minimum Gasteiger partial charge on any atom is -0.354 e. The van der Waals surface area contributed by atoms with Gasteiger partial charge in [-0.05, 0) is 31.5 Å². The van der Waals surface area contributed by atoms with Crippen molar-refractivity contribution >= 4 is 23.4 Å². The number of benzene rings is 1. The minimum absolute atomic E-state index is 0.0390. The Hall–Kier alpha value is -3.49. The lowest BCUT2D eigenvalue weighted by Crippen LogP contribution is -2.52. The number of amides is 1. The molecule has 0 saturated heterocycles. The first-order chi connectivity index (χ1) is 13.8. The van der Waals surface area contributed by atoms with E-state index in [1.165, 1.54) is 12.1 Å². The van der Waals surface area contributed by atoms with Gasteiger partial charge in [0.1, 0.15) is 17.0 Å². The van der Waals surface area contributed by atoms with Crippen LogP contribution in [0.1, 0.15) is 25.0 Å². The van der Waals surface area contributed by atoms with E-state index in [0.717, 1.165) is 11.1 Å². The van der Waals surface area contributed by atoms with Gasteiger partial charge in [0, 0.05) is 25.4 Å². The van der Waals surface area contributed by atoms with Gasteiger partial charge in [0.25, 0.3) is 5.91 Å². The molecule has 0 atom stereocenters. The Morgan fingerprint density at radius 1 is 1.17 bits per heavy atom. The van der Waals surface area contributed by atoms with Crippen molar-refractivity contribution in [1.29, 1.82) is 0 Å². The maximum atomic E-state index is 13.0. The summed E-state index contributed by atoms with van der Waals surface area (Å²) >= 11 is 0. The summed E-state index contributed by atoms with van der Waals surface area (Å²) in [6, 6.07) is 6.36. The van der Waals surface area contributed by atoms with Crippen molar-refractivity contribution in [3.63, 3.8) is 0 Å². The number of anilines is 3. The van der Waals surface area contributed by atoms with Crippen molar-refractivity contribution in [2.24, 2.45) is 0 Å². The number of nitrogens with zero attached hydrogens (tertiary/aromatic N) is 5. The zero-order chi connectivity index (χ0) is 20.6. The summed E-state index contributed by atoms with van der Waals surface area (Å²) in [7, 11) is 1.72. The van der Waals surface area contributed by atoms with Gasteiger partial charge in [-0.1, -0.05) is 12.1 Å². The number of halogens is 1. The molecular formula is C20H22FN7O. The second kappa shape index (κ2) is 7.16. The Bertz CT molecular complexity index is 1050. The zero-order valence-electron chi connectivity index (χ0n) is 16.5. The summed E-state index contributed by atoms with van der Waals surface area (Å²) in [5.74, 6) is 0.781. The lowest BCUT2D eigenvalue weighted by atomic mass is 10.0. The monoisotopic (exact) mass is 395 g/mol. The summed E-state index contributed by atoms with van der Waals surface area (Å²) in [5, 5.41) is 10.7. The van der Waals surface area contributed by atoms with E-state index in [1.54, 1.807) is 41.2 Å². The molecule has 3 aromatic rings. The quantitative estimate of drug-likeness (QED) is 0.691. The van der Waals surface area contributed by atoms with Crippen molar-refractivity contribution in [1.82, 2.24) is 19.7 Å². The number of rotatable bonds is 5. The largest absolute Gasteiger partial charge is 0.354 e. The first-order valence-electron chi connectivity index (χ1n) is 9.25. The molecule has 29 heavy (non-hydrogen) atoms. The van der Waals surface area contributed by atoms with Crippen molar-refractivity contribution in [2.75, 3.05) is 22.6 Å². The summed E-state index contributed by atoms with van der Waals surface area (Å²) in [4.78, 5) is 22.7. The summed E-state index contributed by atoms with van der Waals surface area (Å²) in [5.41, 5.74) is 1.86. The van der Waals surface area contributed by atoms with Crippen LogP contribution in [0.25, 0.3) is 0 Å². The number of carbonyl (C=O) groups excluding carboxylic acids is 1. The van der Waals surface area contributed by atoms with Gasteiger partial charge in [0.2, 0.25) is 5.95 Å². The molecule has 3 heterocycles. The van der Waals surface area contributed by atoms with E-state index in [0.29, 0.717) is 30.5 Å². The van der Waals surface area contributed by atoms with Crippen molar-refractivity contribution in [3.8, 4) is 0 Å². The first-order valence-corrected chi connectivity index (χ1v) is 9.25. The van der Waals surface area contributed by atoms with E-state index in [2.05, 4.69) is 25.7 Å². The molecule has 0 aliphatic carbocycles. The lowest BCUT2D eigenvalue weighted by Gasteiger charge is -2.36. The van der Waals surface area contributed by atoms with Crippen LogP contribution in [-0.4, -0.2) is 38.2 Å². The molecule has 0 spiro atoms. The van der Waals surface area contributed by atoms with Crippen LogP contribution in [0.15, 0.2) is 42.9 Å². The third-order valence-corrected chi connectivity index (χ3v) is 4.80. The van der Waals surface area contributed by atoms with E-state index in [4.69, 9.17) is 0 Å². The van der Waals surface area contributed by atoms with Crippen LogP contribution in [-0.2, 0) is 17.9 Å². The fraction of sp³-hybridized carbons (Fsp3) is 0.300. The highest BCUT2D eigenvalue weighted by atomic mass is 19.1. The van der Waals surface area contributed by atoms with Gasteiger partial charge in [-0.15, -0.1) is 0 Å². The summed E-state index contributed by atoms with van der Waals surface area (Å²) in [6.45, 7) is 4.70. The Balaban J connectivity index is 1.42. The standard InChI is InChI=1S/C20H22FN7O/c1-20(2)18(29)27(3)16-10-23-19(25-17(16)26-20)22-8-14-9-24-28(12-14)11-13-4-6-15(21)7-5-13/h4-7,9-10,12H,8,11H2,1-3H3,(H2,22,23,25,26). The van der Waals surface area contributed by atoms with Crippen LogP contribution in [0, 0.1) is 5.82 Å². The average Bonchev–Trinajstić information content (AvgIpc) is 3.13. The fourth-order valence-electron chi connectivity index (χ4n) is 3.22. The highest BCUT2D eigenvalue weighted by molar-refractivity contribution is 6.06. The van der Waals surface area contributed by atoms with E-state index < -0.39 is 5.54 Å². The third-order valence-electron chi connectivity index (χ3n) is 4.80. The van der Waals surface area contributed by atoms with E-state index in [9.17, 15) is 9.18 Å². The molecule has 1 aliphatic heterocycles. The maximum absolute atomic E-state index is 13.0. The van der Waals surface area contributed by atoms with Crippen LogP contribution in [0.4, 0.5) is 21.8 Å². The van der Waals surface area contributed by atoms with Crippen molar-refractivity contribution in [3.05, 3.63) is 59.8 Å². The molecule has 4 rings (SSSR count). The van der Waals surface area contributed by atoms with Crippen LogP contribution in [0.5, 0.6) is 0 Å². The second-order valence-electron chi connectivity index (χ2n) is 7.57. The van der Waals surface area contributed by atoms with Gasteiger partial charge in [-0.25, -0.2) is 9.37 Å². The van der Waals surface area contributed by atoms with Gasteiger partial charge in [0.05, 0.1) is 18.9 Å². The predicted octanol–water partition coefficient (Wildman–Crippen LogP) is 2.64. The molecule has 0 radical (unpaired) electrons. The molecule has 1 aliphatic rings. The molecule has 2 aromatic heterocycles. The van der Waals surface area contributed by atoms with Crippen LogP contribution < -0.4 is 15.5 Å². The molecule has 0 bridgehead atoms. The topological polar surface area (TPSA) is 88.0 Å². The first kappa shape index (κ1) is 18.9. The average molecular weight is 395 g/mol. The molecule has 0 saturated carbocycles. The number of fused-ring (bicyclic) bond motifs is 1. The van der Waals surface area contributed by atoms with E-state index >= 15 is 0 Å². The highest BCUT2D eigenvalue weighted by Crippen LogP contribution is 2.32. The number of hydrogen-bond acceptors (Lipinski definition) is 6. The molecular weight excluding hydrogens is 373 g/mol. The van der Waals surface area contributed by atoms with Crippen LogP contribution >= 0.6 is 0 Å².